The number of aromatic nitrogens is 2. The average Bonchev–Trinajstić information content (AvgIpc) is 2.69. The first-order valence-corrected chi connectivity index (χ1v) is 9.26. The molecule has 0 saturated heterocycles. The molecule has 1 amide bonds. The minimum absolute atomic E-state index is 0.207. The molecule has 28 heavy (non-hydrogen) atoms. The van der Waals surface area contributed by atoms with Gasteiger partial charge in [-0.25, -0.2) is 4.98 Å². The minimum Gasteiger partial charge on any atom is -0.481 e. The first kappa shape index (κ1) is 19.6. The Morgan fingerprint density at radius 2 is 1.96 bits per heavy atom. The highest BCUT2D eigenvalue weighted by atomic mass is 35.5. The standard InChI is InChI=1S/C21H20ClN3O3/c1-3-16-12-19(26)25-20(23-16)14-5-4-6-17(11-14)24-21(27)13(2)28-18-9-7-15(22)8-10-18/h4-13H,3H2,1-2H3,(H,24,27)(H,23,25,26). The summed E-state index contributed by atoms with van der Waals surface area (Å²) in [6.45, 7) is 3.60. The van der Waals surface area contributed by atoms with Crippen LogP contribution in [0, 0.1) is 0 Å². The zero-order chi connectivity index (χ0) is 20.1. The molecule has 7 heteroatoms. The fourth-order valence-corrected chi connectivity index (χ4v) is 2.71. The van der Waals surface area contributed by atoms with Gasteiger partial charge in [0.15, 0.2) is 6.10 Å². The van der Waals surface area contributed by atoms with Crippen LogP contribution in [-0.4, -0.2) is 22.0 Å². The summed E-state index contributed by atoms with van der Waals surface area (Å²) in [4.78, 5) is 31.4. The zero-order valence-electron chi connectivity index (χ0n) is 15.5. The molecule has 0 radical (unpaired) electrons. The van der Waals surface area contributed by atoms with Crippen molar-refractivity contribution in [1.29, 1.82) is 0 Å². The molecule has 0 aliphatic rings. The number of ether oxygens (including phenoxy) is 1. The van der Waals surface area contributed by atoms with Crippen LogP contribution < -0.4 is 15.6 Å². The highest BCUT2D eigenvalue weighted by Crippen LogP contribution is 2.20. The molecule has 6 nitrogen and oxygen atoms in total. The second kappa shape index (κ2) is 8.71. The number of hydrogen-bond donors (Lipinski definition) is 2. The van der Waals surface area contributed by atoms with E-state index in [9.17, 15) is 9.59 Å². The summed E-state index contributed by atoms with van der Waals surface area (Å²) in [6, 6.07) is 15.4. The number of amides is 1. The summed E-state index contributed by atoms with van der Waals surface area (Å²) in [5.74, 6) is 0.723. The minimum atomic E-state index is -0.703. The molecule has 1 unspecified atom stereocenters. The summed E-state index contributed by atoms with van der Waals surface area (Å²) in [6.07, 6.45) is -0.0430. The summed E-state index contributed by atoms with van der Waals surface area (Å²) in [5, 5.41) is 3.41. The van der Waals surface area contributed by atoms with Crippen molar-refractivity contribution in [3.8, 4) is 17.1 Å². The average molecular weight is 398 g/mol. The van der Waals surface area contributed by atoms with Crippen LogP contribution in [0.15, 0.2) is 59.4 Å². The summed E-state index contributed by atoms with van der Waals surface area (Å²) >= 11 is 5.85. The maximum absolute atomic E-state index is 12.5. The van der Waals surface area contributed by atoms with Crippen LogP contribution in [-0.2, 0) is 11.2 Å². The molecule has 3 aromatic rings. The fourth-order valence-electron chi connectivity index (χ4n) is 2.58. The number of nitrogens with one attached hydrogen (secondary N) is 2. The number of benzene rings is 2. The Morgan fingerprint density at radius 1 is 1.21 bits per heavy atom. The maximum atomic E-state index is 12.5. The third-order valence-electron chi connectivity index (χ3n) is 4.06. The van der Waals surface area contributed by atoms with E-state index < -0.39 is 6.10 Å². The van der Waals surface area contributed by atoms with E-state index in [1.807, 2.05) is 13.0 Å². The van der Waals surface area contributed by atoms with E-state index in [0.29, 0.717) is 40.0 Å². The second-order valence-electron chi connectivity index (χ2n) is 6.22. The Bertz CT molecular complexity index is 1030. The fraction of sp³-hybridized carbons (Fsp3) is 0.190. The number of halogens is 1. The SMILES string of the molecule is CCc1cc(=O)[nH]c(-c2cccc(NC(=O)C(C)Oc3ccc(Cl)cc3)c2)n1. The van der Waals surface area contributed by atoms with Crippen molar-refractivity contribution in [3.05, 3.63) is 75.7 Å². The monoisotopic (exact) mass is 397 g/mol. The van der Waals surface area contributed by atoms with Crippen LogP contribution in [0.2, 0.25) is 5.02 Å². The molecule has 1 aromatic heterocycles. The molecule has 2 N–H and O–H groups in total. The maximum Gasteiger partial charge on any atom is 0.265 e. The number of rotatable bonds is 6. The third kappa shape index (κ3) is 4.98. The lowest BCUT2D eigenvalue weighted by atomic mass is 10.1. The van der Waals surface area contributed by atoms with Crippen molar-refractivity contribution in [2.24, 2.45) is 0 Å². The van der Waals surface area contributed by atoms with Crippen LogP contribution in [0.5, 0.6) is 5.75 Å². The van der Waals surface area contributed by atoms with Crippen LogP contribution in [0.4, 0.5) is 5.69 Å². The number of carbonyl (C=O) groups excluding carboxylic acids is 1. The third-order valence-corrected chi connectivity index (χ3v) is 4.31. The molecule has 0 spiro atoms. The van der Waals surface area contributed by atoms with Crippen LogP contribution in [0.1, 0.15) is 19.5 Å². The van der Waals surface area contributed by atoms with Gasteiger partial charge in [0.1, 0.15) is 11.6 Å². The molecular formula is C21H20ClN3O3. The molecule has 0 aliphatic heterocycles. The largest absolute Gasteiger partial charge is 0.481 e. The lowest BCUT2D eigenvalue weighted by molar-refractivity contribution is -0.122. The highest BCUT2D eigenvalue weighted by molar-refractivity contribution is 6.30. The number of aromatic amines is 1. The molecule has 1 heterocycles. The molecule has 3 rings (SSSR count). The van der Waals surface area contributed by atoms with Crippen molar-refractivity contribution in [1.82, 2.24) is 9.97 Å². The Labute approximate surface area is 167 Å². The van der Waals surface area contributed by atoms with E-state index in [4.69, 9.17) is 16.3 Å². The topological polar surface area (TPSA) is 84.1 Å². The van der Waals surface area contributed by atoms with Crippen LogP contribution >= 0.6 is 11.6 Å². The van der Waals surface area contributed by atoms with Crippen molar-refractivity contribution in [2.45, 2.75) is 26.4 Å². The van der Waals surface area contributed by atoms with Gasteiger partial charge in [-0.05, 0) is 49.7 Å². The van der Waals surface area contributed by atoms with Crippen molar-refractivity contribution in [3.63, 3.8) is 0 Å². The Balaban J connectivity index is 1.73. The molecule has 2 aromatic carbocycles. The predicted octanol–water partition coefficient (Wildman–Crippen LogP) is 4.06. The van der Waals surface area contributed by atoms with E-state index in [-0.39, 0.29) is 11.5 Å². The molecular weight excluding hydrogens is 378 g/mol. The van der Waals surface area contributed by atoms with Gasteiger partial charge in [-0.3, -0.25) is 9.59 Å². The van der Waals surface area contributed by atoms with Gasteiger partial charge in [-0.1, -0.05) is 30.7 Å². The molecule has 1 atom stereocenters. The number of carbonyl (C=O) groups is 1. The van der Waals surface area contributed by atoms with Gasteiger partial charge < -0.3 is 15.0 Å². The molecule has 0 fully saturated rings. The number of aryl methyl sites for hydroxylation is 1. The van der Waals surface area contributed by atoms with E-state index in [2.05, 4.69) is 15.3 Å². The van der Waals surface area contributed by atoms with Gasteiger partial charge >= 0.3 is 0 Å². The summed E-state index contributed by atoms with van der Waals surface area (Å²) in [7, 11) is 0. The smallest absolute Gasteiger partial charge is 0.265 e. The number of H-pyrrole nitrogens is 1. The quantitative estimate of drug-likeness (QED) is 0.657. The van der Waals surface area contributed by atoms with E-state index >= 15 is 0 Å². The van der Waals surface area contributed by atoms with Crippen LogP contribution in [0.3, 0.4) is 0 Å². The zero-order valence-corrected chi connectivity index (χ0v) is 16.3. The van der Waals surface area contributed by atoms with Gasteiger partial charge in [-0.2, -0.15) is 0 Å². The molecule has 0 aliphatic carbocycles. The van der Waals surface area contributed by atoms with Crippen molar-refractivity contribution < 1.29 is 9.53 Å². The first-order chi connectivity index (χ1) is 13.4. The Morgan fingerprint density at radius 3 is 2.68 bits per heavy atom. The summed E-state index contributed by atoms with van der Waals surface area (Å²) < 4.78 is 5.63. The highest BCUT2D eigenvalue weighted by Gasteiger charge is 2.15. The Hall–Kier alpha value is -3.12. The molecule has 144 valence electrons. The lowest BCUT2D eigenvalue weighted by Crippen LogP contribution is -2.30. The molecule has 0 saturated carbocycles. The van der Waals surface area contributed by atoms with Gasteiger partial charge in [-0.15, -0.1) is 0 Å². The van der Waals surface area contributed by atoms with Gasteiger partial charge in [0.2, 0.25) is 0 Å². The van der Waals surface area contributed by atoms with Gasteiger partial charge in [0, 0.05) is 28.0 Å². The lowest BCUT2D eigenvalue weighted by Gasteiger charge is -2.15. The van der Waals surface area contributed by atoms with Gasteiger partial charge in [0.05, 0.1) is 0 Å². The van der Waals surface area contributed by atoms with E-state index in [1.54, 1.807) is 49.4 Å². The number of anilines is 1. The van der Waals surface area contributed by atoms with Crippen molar-refractivity contribution in [2.75, 3.05) is 5.32 Å². The van der Waals surface area contributed by atoms with Crippen molar-refractivity contribution >= 4 is 23.2 Å². The predicted molar refractivity (Wildman–Crippen MR) is 110 cm³/mol. The molecule has 0 bridgehead atoms. The van der Waals surface area contributed by atoms with E-state index in [0.717, 1.165) is 0 Å². The Kier molecular flexibility index (Phi) is 6.11. The summed E-state index contributed by atoms with van der Waals surface area (Å²) in [5.41, 5.74) is 1.79. The normalized spacial score (nSPS) is 11.7. The van der Waals surface area contributed by atoms with Gasteiger partial charge in [0.25, 0.3) is 11.5 Å². The second-order valence-corrected chi connectivity index (χ2v) is 6.66. The van der Waals surface area contributed by atoms with E-state index in [1.165, 1.54) is 6.07 Å². The number of hydrogen-bond acceptors (Lipinski definition) is 4. The number of nitrogens with zero attached hydrogens (tertiary/aromatic N) is 1. The van der Waals surface area contributed by atoms with Crippen LogP contribution in [0.25, 0.3) is 11.4 Å². The first-order valence-electron chi connectivity index (χ1n) is 8.88.